The van der Waals surface area contributed by atoms with Crippen molar-refractivity contribution in [3.63, 3.8) is 0 Å². The molecule has 8 aromatic carbocycles. The summed E-state index contributed by atoms with van der Waals surface area (Å²) in [6.07, 6.45) is 0. The third-order valence-electron chi connectivity index (χ3n) is 12.1. The molecule has 0 aliphatic carbocycles. The number of nitriles is 1. The lowest BCUT2D eigenvalue weighted by atomic mass is 9.84. The van der Waals surface area contributed by atoms with E-state index in [2.05, 4.69) is 197 Å². The van der Waals surface area contributed by atoms with E-state index in [1.807, 2.05) is 24.3 Å². The Morgan fingerprint density at radius 1 is 0.483 bits per heavy atom. The number of hydrogen-bond donors (Lipinski definition) is 0. The first-order valence-electron chi connectivity index (χ1n) is 21.2. The molecule has 8 rings (SSSR count). The van der Waals surface area contributed by atoms with E-state index in [0.29, 0.717) is 11.3 Å². The summed E-state index contributed by atoms with van der Waals surface area (Å²) < 4.78 is 0. The maximum Gasteiger partial charge on any atom is 0.187 e. The second kappa shape index (κ2) is 15.4. The predicted octanol–water partition coefficient (Wildman–Crippen LogP) is 15.3. The molecule has 0 fully saturated rings. The molecule has 60 heavy (non-hydrogen) atoms. The van der Waals surface area contributed by atoms with Crippen molar-refractivity contribution in [1.29, 1.82) is 5.26 Å². The zero-order valence-electron chi connectivity index (χ0n) is 36.6. The molecular formula is C54H54N4Si2. The molecule has 0 atom stereocenters. The van der Waals surface area contributed by atoms with E-state index in [1.165, 1.54) is 53.8 Å². The first kappa shape index (κ1) is 40.6. The quantitative estimate of drug-likeness (QED) is 0.0783. The van der Waals surface area contributed by atoms with Gasteiger partial charge in [0.2, 0.25) is 0 Å². The van der Waals surface area contributed by atoms with Crippen LogP contribution in [-0.2, 0) is 0 Å². The number of benzene rings is 8. The third-order valence-corrected chi connectivity index (χ3v) is 16.3. The fourth-order valence-corrected chi connectivity index (χ4v) is 11.1. The van der Waals surface area contributed by atoms with Crippen LogP contribution in [0, 0.1) is 17.9 Å². The molecule has 0 saturated heterocycles. The van der Waals surface area contributed by atoms with Crippen LogP contribution in [0.5, 0.6) is 0 Å². The Labute approximate surface area is 358 Å². The SMILES string of the molecule is [C-]#[N+]c1ccc(N(c2ccc([Si](C)(C)C)cc2)c2cc(C(C)C)c3ccc4c(N(c5ccc(C#N)cc5)c5ccc([Si](C)(C)C)cc5)cc(C(C)C)c5ccc2c3c54)cc1. The molecule has 0 aromatic heterocycles. The summed E-state index contributed by atoms with van der Waals surface area (Å²) in [4.78, 5) is 8.52. The second-order valence-corrected chi connectivity index (χ2v) is 29.1. The zero-order valence-corrected chi connectivity index (χ0v) is 38.6. The monoisotopic (exact) mass is 814 g/mol. The van der Waals surface area contributed by atoms with Crippen molar-refractivity contribution in [2.24, 2.45) is 0 Å². The minimum atomic E-state index is -1.54. The normalized spacial score (nSPS) is 12.1. The summed E-state index contributed by atoms with van der Waals surface area (Å²) in [5, 5.41) is 20.1. The average molecular weight is 815 g/mol. The van der Waals surface area contributed by atoms with E-state index >= 15 is 0 Å². The highest BCUT2D eigenvalue weighted by Gasteiger charge is 2.27. The highest BCUT2D eigenvalue weighted by atomic mass is 28.3. The Bertz CT molecular complexity index is 2730. The summed E-state index contributed by atoms with van der Waals surface area (Å²) in [6.45, 7) is 31.2. The fraction of sp³-hybridized carbons (Fsp3) is 0.222. The van der Waals surface area contributed by atoms with E-state index in [1.54, 1.807) is 0 Å². The molecule has 4 nitrogen and oxygen atoms in total. The van der Waals surface area contributed by atoms with Gasteiger partial charge in [0.1, 0.15) is 0 Å². The lowest BCUT2D eigenvalue weighted by molar-refractivity contribution is 0.875. The summed E-state index contributed by atoms with van der Waals surface area (Å²) in [6, 6.07) is 51.0. The van der Waals surface area contributed by atoms with Gasteiger partial charge in [-0.3, -0.25) is 0 Å². The van der Waals surface area contributed by atoms with Crippen LogP contribution in [0.3, 0.4) is 0 Å². The van der Waals surface area contributed by atoms with E-state index < -0.39 is 16.1 Å². The smallest absolute Gasteiger partial charge is 0.187 e. The van der Waals surface area contributed by atoms with Crippen molar-refractivity contribution in [2.75, 3.05) is 9.80 Å². The molecule has 0 aliphatic rings. The highest BCUT2D eigenvalue weighted by Crippen LogP contribution is 2.51. The van der Waals surface area contributed by atoms with Gasteiger partial charge < -0.3 is 9.80 Å². The fourth-order valence-electron chi connectivity index (χ4n) is 8.77. The molecule has 0 saturated carbocycles. The van der Waals surface area contributed by atoms with Crippen molar-refractivity contribution < 1.29 is 0 Å². The van der Waals surface area contributed by atoms with Crippen LogP contribution in [0.1, 0.15) is 56.2 Å². The largest absolute Gasteiger partial charge is 0.310 e. The molecule has 0 N–H and O–H groups in total. The van der Waals surface area contributed by atoms with Gasteiger partial charge in [-0.2, -0.15) is 5.26 Å². The molecule has 0 spiro atoms. The molecular weight excluding hydrogens is 761 g/mol. The minimum absolute atomic E-state index is 0.261. The van der Waals surface area contributed by atoms with Crippen molar-refractivity contribution in [3.05, 3.63) is 162 Å². The molecule has 8 aromatic rings. The topological polar surface area (TPSA) is 34.6 Å². The van der Waals surface area contributed by atoms with Crippen LogP contribution >= 0.6 is 0 Å². The van der Waals surface area contributed by atoms with Crippen LogP contribution in [0.4, 0.5) is 39.8 Å². The van der Waals surface area contributed by atoms with Crippen LogP contribution in [0.2, 0.25) is 39.3 Å². The van der Waals surface area contributed by atoms with Crippen molar-refractivity contribution in [3.8, 4) is 6.07 Å². The Morgan fingerprint density at radius 2 is 0.817 bits per heavy atom. The maximum atomic E-state index is 9.77. The van der Waals surface area contributed by atoms with Gasteiger partial charge >= 0.3 is 0 Å². The van der Waals surface area contributed by atoms with Gasteiger partial charge in [-0.05, 0) is 117 Å². The second-order valence-electron chi connectivity index (χ2n) is 18.9. The molecule has 298 valence electrons. The van der Waals surface area contributed by atoms with E-state index in [4.69, 9.17) is 6.57 Å². The van der Waals surface area contributed by atoms with Crippen molar-refractivity contribution >= 4 is 98.7 Å². The summed E-state index contributed by atoms with van der Waals surface area (Å²) >= 11 is 0. The van der Waals surface area contributed by atoms with Crippen LogP contribution in [-0.4, -0.2) is 16.1 Å². The Hall–Kier alpha value is -6.19. The third kappa shape index (κ3) is 7.25. The van der Waals surface area contributed by atoms with Crippen molar-refractivity contribution in [1.82, 2.24) is 0 Å². The number of nitrogens with zero attached hydrogens (tertiary/aromatic N) is 4. The first-order valence-corrected chi connectivity index (χ1v) is 28.2. The zero-order chi connectivity index (χ0) is 42.7. The molecule has 0 amide bonds. The molecule has 0 aliphatic heterocycles. The minimum Gasteiger partial charge on any atom is -0.310 e. The molecule has 0 radical (unpaired) electrons. The van der Waals surface area contributed by atoms with Gasteiger partial charge in [-0.1, -0.05) is 138 Å². The van der Waals surface area contributed by atoms with Gasteiger partial charge in [0.05, 0.1) is 45.7 Å². The van der Waals surface area contributed by atoms with Gasteiger partial charge in [0.25, 0.3) is 0 Å². The lowest BCUT2D eigenvalue weighted by Gasteiger charge is -2.32. The van der Waals surface area contributed by atoms with Gasteiger partial charge in [-0.25, -0.2) is 4.85 Å². The predicted molar refractivity (Wildman–Crippen MR) is 265 cm³/mol. The summed E-state index contributed by atoms with van der Waals surface area (Å²) in [5.41, 5.74) is 10.3. The van der Waals surface area contributed by atoms with Gasteiger partial charge in [0.15, 0.2) is 5.69 Å². The van der Waals surface area contributed by atoms with E-state index in [-0.39, 0.29) is 11.8 Å². The van der Waals surface area contributed by atoms with Crippen LogP contribution < -0.4 is 20.2 Å². The Balaban J connectivity index is 1.48. The van der Waals surface area contributed by atoms with Crippen LogP contribution in [0.15, 0.2) is 133 Å². The van der Waals surface area contributed by atoms with E-state index in [0.717, 1.165) is 34.1 Å². The number of anilines is 6. The van der Waals surface area contributed by atoms with Crippen molar-refractivity contribution in [2.45, 2.75) is 78.8 Å². The Morgan fingerprint density at radius 3 is 1.13 bits per heavy atom. The Kier molecular flexibility index (Phi) is 10.4. The lowest BCUT2D eigenvalue weighted by Crippen LogP contribution is -2.37. The van der Waals surface area contributed by atoms with Crippen LogP contribution in [0.25, 0.3) is 37.2 Å². The standard InChI is InChI=1S/C54H54N4Si2/c1-35(2)49-32-51(57(39-16-12-37(34-55)13-17-39)41-20-24-43(25-21-41)59(6,7)8)47-30-28-46-50(36(3)4)33-52(48-31-29-45(49)53(47)54(46)48)58(40-18-14-38(56-5)15-19-40)42-22-26-44(27-23-42)60(9,10)11/h12-33,35-36H,1-4,6-11H3. The van der Waals surface area contributed by atoms with Gasteiger partial charge in [0, 0.05) is 33.5 Å². The molecule has 0 bridgehead atoms. The molecule has 0 unspecified atom stereocenters. The summed E-state index contributed by atoms with van der Waals surface area (Å²) in [7, 11) is -3.08. The molecule has 0 heterocycles. The average Bonchev–Trinajstić information content (AvgIpc) is 3.23. The molecule has 6 heteroatoms. The van der Waals surface area contributed by atoms with E-state index in [9.17, 15) is 5.26 Å². The number of rotatable bonds is 10. The first-order chi connectivity index (χ1) is 28.6. The highest BCUT2D eigenvalue weighted by molar-refractivity contribution is 6.89. The number of hydrogen-bond acceptors (Lipinski definition) is 3. The van der Waals surface area contributed by atoms with Gasteiger partial charge in [-0.15, -0.1) is 0 Å². The maximum absolute atomic E-state index is 9.77. The summed E-state index contributed by atoms with van der Waals surface area (Å²) in [5.74, 6) is 0.523.